The predicted octanol–water partition coefficient (Wildman–Crippen LogP) is 3.69. The molecule has 0 aliphatic carbocycles. The van der Waals surface area contributed by atoms with Gasteiger partial charge in [0.2, 0.25) is 0 Å². The summed E-state index contributed by atoms with van der Waals surface area (Å²) in [7, 11) is 0. The second-order valence-electron chi connectivity index (χ2n) is 5.42. The van der Waals surface area contributed by atoms with E-state index < -0.39 is 4.92 Å². The van der Waals surface area contributed by atoms with E-state index in [4.69, 9.17) is 0 Å². The molecule has 0 bridgehead atoms. The second-order valence-corrected chi connectivity index (χ2v) is 5.42. The first-order valence-electron chi connectivity index (χ1n) is 7.90. The summed E-state index contributed by atoms with van der Waals surface area (Å²) in [4.78, 5) is 24.6. The molecule has 2 aromatic rings. The number of carbonyl (C=O) groups is 1. The third-order valence-corrected chi connectivity index (χ3v) is 3.85. The molecule has 0 atom stereocenters. The van der Waals surface area contributed by atoms with Crippen LogP contribution in [-0.2, 0) is 6.54 Å². The van der Waals surface area contributed by atoms with Gasteiger partial charge >= 0.3 is 0 Å². The zero-order valence-electron chi connectivity index (χ0n) is 13.9. The Balaban J connectivity index is 2.00. The van der Waals surface area contributed by atoms with E-state index in [1.807, 2.05) is 24.3 Å². The van der Waals surface area contributed by atoms with E-state index >= 15 is 0 Å². The van der Waals surface area contributed by atoms with E-state index in [-0.39, 0.29) is 11.6 Å². The fraction of sp³-hybridized carbons (Fsp3) is 0.278. The largest absolute Gasteiger partial charge is 0.322 e. The normalized spacial score (nSPS) is 10.6. The topological polar surface area (TPSA) is 75.5 Å². The van der Waals surface area contributed by atoms with Crippen molar-refractivity contribution in [2.24, 2.45) is 0 Å². The maximum atomic E-state index is 12.2. The average Bonchev–Trinajstić information content (AvgIpc) is 2.61. The van der Waals surface area contributed by atoms with Crippen molar-refractivity contribution >= 4 is 17.3 Å². The summed E-state index contributed by atoms with van der Waals surface area (Å²) in [5.74, 6) is -0.290. The highest BCUT2D eigenvalue weighted by Gasteiger charge is 2.10. The van der Waals surface area contributed by atoms with Gasteiger partial charge in [0, 0.05) is 29.9 Å². The highest BCUT2D eigenvalue weighted by Crippen LogP contribution is 2.15. The van der Waals surface area contributed by atoms with Gasteiger partial charge in [-0.1, -0.05) is 26.0 Å². The Labute approximate surface area is 141 Å². The van der Waals surface area contributed by atoms with E-state index in [1.165, 1.54) is 29.8 Å². The molecular weight excluding hydrogens is 306 g/mol. The summed E-state index contributed by atoms with van der Waals surface area (Å²) in [6, 6.07) is 13.2. The summed E-state index contributed by atoms with van der Waals surface area (Å²) >= 11 is 0. The van der Waals surface area contributed by atoms with Gasteiger partial charge in [-0.25, -0.2) is 0 Å². The minimum Gasteiger partial charge on any atom is -0.322 e. The maximum absolute atomic E-state index is 12.2. The lowest BCUT2D eigenvalue weighted by atomic mass is 10.1. The van der Waals surface area contributed by atoms with Gasteiger partial charge in [0.15, 0.2) is 0 Å². The quantitative estimate of drug-likeness (QED) is 0.621. The SMILES string of the molecule is CCN(CC)Cc1ccc(NC(=O)c2ccc([N+](=O)[O-])cc2)cc1. The van der Waals surface area contributed by atoms with Crippen LogP contribution in [0, 0.1) is 10.1 Å². The first kappa shape index (κ1) is 17.6. The van der Waals surface area contributed by atoms with Gasteiger partial charge in [0.25, 0.3) is 11.6 Å². The van der Waals surface area contributed by atoms with Crippen molar-refractivity contribution in [3.05, 3.63) is 69.8 Å². The molecule has 0 unspecified atom stereocenters. The number of non-ortho nitro benzene ring substituents is 1. The summed E-state index contributed by atoms with van der Waals surface area (Å²) in [6.45, 7) is 7.12. The van der Waals surface area contributed by atoms with Gasteiger partial charge in [-0.15, -0.1) is 0 Å². The van der Waals surface area contributed by atoms with Crippen LogP contribution in [0.4, 0.5) is 11.4 Å². The number of nitrogens with zero attached hydrogens (tertiary/aromatic N) is 2. The first-order chi connectivity index (χ1) is 11.5. The van der Waals surface area contributed by atoms with Crippen LogP contribution >= 0.6 is 0 Å². The summed E-state index contributed by atoms with van der Waals surface area (Å²) in [6.07, 6.45) is 0. The third-order valence-electron chi connectivity index (χ3n) is 3.85. The van der Waals surface area contributed by atoms with Crippen molar-refractivity contribution in [2.45, 2.75) is 20.4 Å². The lowest BCUT2D eigenvalue weighted by molar-refractivity contribution is -0.384. The van der Waals surface area contributed by atoms with Crippen molar-refractivity contribution < 1.29 is 9.72 Å². The molecule has 0 spiro atoms. The van der Waals surface area contributed by atoms with E-state index in [2.05, 4.69) is 24.1 Å². The molecule has 2 aromatic carbocycles. The molecule has 0 fully saturated rings. The fourth-order valence-corrected chi connectivity index (χ4v) is 2.34. The molecule has 2 rings (SSSR count). The summed E-state index contributed by atoms with van der Waals surface area (Å²) in [5.41, 5.74) is 2.23. The van der Waals surface area contributed by atoms with Crippen LogP contribution in [0.2, 0.25) is 0 Å². The van der Waals surface area contributed by atoms with E-state index in [1.54, 1.807) is 0 Å². The first-order valence-corrected chi connectivity index (χ1v) is 7.90. The molecule has 6 heteroatoms. The summed E-state index contributed by atoms with van der Waals surface area (Å²) in [5, 5.41) is 13.4. The van der Waals surface area contributed by atoms with E-state index in [9.17, 15) is 14.9 Å². The molecule has 0 saturated carbocycles. The monoisotopic (exact) mass is 327 g/mol. The van der Waals surface area contributed by atoms with Crippen LogP contribution < -0.4 is 5.32 Å². The Morgan fingerprint density at radius 3 is 2.12 bits per heavy atom. The smallest absolute Gasteiger partial charge is 0.269 e. The zero-order chi connectivity index (χ0) is 17.5. The Bertz CT molecular complexity index is 692. The molecule has 0 aliphatic rings. The third kappa shape index (κ3) is 4.63. The molecule has 1 N–H and O–H groups in total. The summed E-state index contributed by atoms with van der Waals surface area (Å²) < 4.78 is 0. The lowest BCUT2D eigenvalue weighted by Gasteiger charge is -2.18. The van der Waals surface area contributed by atoms with Crippen molar-refractivity contribution in [1.29, 1.82) is 0 Å². The number of benzene rings is 2. The van der Waals surface area contributed by atoms with Gasteiger partial charge in [-0.2, -0.15) is 0 Å². The molecule has 126 valence electrons. The lowest BCUT2D eigenvalue weighted by Crippen LogP contribution is -2.22. The van der Waals surface area contributed by atoms with Gasteiger partial charge in [-0.3, -0.25) is 19.8 Å². The molecular formula is C18H21N3O3. The van der Waals surface area contributed by atoms with Gasteiger partial charge in [-0.05, 0) is 42.9 Å². The number of amides is 1. The standard InChI is InChI=1S/C18H21N3O3/c1-3-20(4-2)13-14-5-9-16(10-6-14)19-18(22)15-7-11-17(12-8-15)21(23)24/h5-12H,3-4,13H2,1-2H3,(H,19,22). The molecule has 24 heavy (non-hydrogen) atoms. The predicted molar refractivity (Wildman–Crippen MR) is 94.1 cm³/mol. The van der Waals surface area contributed by atoms with E-state index in [0.717, 1.165) is 19.6 Å². The molecule has 1 amide bonds. The van der Waals surface area contributed by atoms with Crippen molar-refractivity contribution in [1.82, 2.24) is 4.90 Å². The number of rotatable bonds is 7. The van der Waals surface area contributed by atoms with Crippen LogP contribution in [0.15, 0.2) is 48.5 Å². The van der Waals surface area contributed by atoms with Crippen LogP contribution in [0.25, 0.3) is 0 Å². The second kappa shape index (κ2) is 8.21. The molecule has 6 nitrogen and oxygen atoms in total. The Morgan fingerprint density at radius 1 is 1.04 bits per heavy atom. The molecule has 0 aromatic heterocycles. The van der Waals surface area contributed by atoms with Crippen molar-refractivity contribution in [2.75, 3.05) is 18.4 Å². The minimum absolute atomic E-state index is 0.0349. The number of nitrogens with one attached hydrogen (secondary N) is 1. The van der Waals surface area contributed by atoms with Crippen LogP contribution in [0.1, 0.15) is 29.8 Å². The van der Waals surface area contributed by atoms with Gasteiger partial charge in [0.05, 0.1) is 4.92 Å². The number of hydrogen-bond acceptors (Lipinski definition) is 4. The Hall–Kier alpha value is -2.73. The van der Waals surface area contributed by atoms with Crippen molar-refractivity contribution in [3.8, 4) is 0 Å². The van der Waals surface area contributed by atoms with Crippen molar-refractivity contribution in [3.63, 3.8) is 0 Å². The zero-order valence-corrected chi connectivity index (χ0v) is 13.9. The molecule has 0 heterocycles. The van der Waals surface area contributed by atoms with Gasteiger partial charge in [0.1, 0.15) is 0 Å². The minimum atomic E-state index is -0.490. The highest BCUT2D eigenvalue weighted by atomic mass is 16.6. The fourth-order valence-electron chi connectivity index (χ4n) is 2.34. The highest BCUT2D eigenvalue weighted by molar-refractivity contribution is 6.04. The number of carbonyl (C=O) groups excluding carboxylic acids is 1. The number of hydrogen-bond donors (Lipinski definition) is 1. The van der Waals surface area contributed by atoms with Crippen LogP contribution in [0.3, 0.4) is 0 Å². The number of nitro benzene ring substituents is 1. The van der Waals surface area contributed by atoms with Crippen LogP contribution in [-0.4, -0.2) is 28.8 Å². The molecule has 0 radical (unpaired) electrons. The molecule has 0 saturated heterocycles. The Kier molecular flexibility index (Phi) is 6.03. The average molecular weight is 327 g/mol. The van der Waals surface area contributed by atoms with E-state index in [0.29, 0.717) is 11.3 Å². The molecule has 0 aliphatic heterocycles. The van der Waals surface area contributed by atoms with Gasteiger partial charge < -0.3 is 5.32 Å². The maximum Gasteiger partial charge on any atom is 0.269 e. The number of nitro groups is 1. The van der Waals surface area contributed by atoms with Crippen LogP contribution in [0.5, 0.6) is 0 Å². The number of anilines is 1. The Morgan fingerprint density at radius 2 is 1.62 bits per heavy atom.